The Labute approximate surface area is 97.4 Å². The molecule has 0 atom stereocenters. The third kappa shape index (κ3) is 3.44. The Balaban J connectivity index is 2.68. The highest BCUT2D eigenvalue weighted by Gasteiger charge is 2.20. The molecular weight excluding hydrogens is 200 g/mol. The quantitative estimate of drug-likeness (QED) is 0.643. The summed E-state index contributed by atoms with van der Waals surface area (Å²) in [6.07, 6.45) is 8.55. The Morgan fingerprint density at radius 2 is 1.31 bits per heavy atom. The lowest BCUT2D eigenvalue weighted by Crippen LogP contribution is -2.14. The summed E-state index contributed by atoms with van der Waals surface area (Å²) in [6, 6.07) is 0. The van der Waals surface area contributed by atoms with Crippen LogP contribution < -0.4 is 0 Å². The summed E-state index contributed by atoms with van der Waals surface area (Å²) < 4.78 is 0. The van der Waals surface area contributed by atoms with E-state index in [9.17, 15) is 9.59 Å². The third-order valence-corrected chi connectivity index (χ3v) is 2.82. The van der Waals surface area contributed by atoms with E-state index in [2.05, 4.69) is 13.8 Å². The van der Waals surface area contributed by atoms with Crippen molar-refractivity contribution in [2.45, 2.75) is 52.4 Å². The van der Waals surface area contributed by atoms with Crippen LogP contribution in [0.15, 0.2) is 23.3 Å². The molecule has 1 aliphatic rings. The standard InChI is InChI=1S/C14H20O2/c1-3-5-7-11-9-13(15)10-12(14(11)16)8-6-4-2/h9-10H,3-8H2,1-2H3. The van der Waals surface area contributed by atoms with Gasteiger partial charge in [0, 0.05) is 11.1 Å². The molecule has 0 radical (unpaired) electrons. The first-order chi connectivity index (χ1) is 7.69. The smallest absolute Gasteiger partial charge is 0.185 e. The minimum absolute atomic E-state index is 0.0168. The topological polar surface area (TPSA) is 34.1 Å². The van der Waals surface area contributed by atoms with Crippen molar-refractivity contribution in [3.63, 3.8) is 0 Å². The molecule has 0 aromatic rings. The first kappa shape index (κ1) is 12.9. The molecule has 0 amide bonds. The van der Waals surface area contributed by atoms with Crippen molar-refractivity contribution < 1.29 is 9.59 Å². The molecule has 88 valence electrons. The largest absolute Gasteiger partial charge is 0.290 e. The minimum Gasteiger partial charge on any atom is -0.290 e. The fourth-order valence-electron chi connectivity index (χ4n) is 1.83. The second kappa shape index (κ2) is 6.41. The molecular formula is C14H20O2. The summed E-state index contributed by atoms with van der Waals surface area (Å²) in [7, 11) is 0. The summed E-state index contributed by atoms with van der Waals surface area (Å²) in [5.41, 5.74) is 1.42. The van der Waals surface area contributed by atoms with Gasteiger partial charge < -0.3 is 0 Å². The summed E-state index contributed by atoms with van der Waals surface area (Å²) in [4.78, 5) is 23.4. The maximum atomic E-state index is 12.0. The number of unbranched alkanes of at least 4 members (excludes halogenated alkanes) is 2. The van der Waals surface area contributed by atoms with Gasteiger partial charge in [-0.2, -0.15) is 0 Å². The average Bonchev–Trinajstić information content (AvgIpc) is 2.28. The second-order valence-corrected chi connectivity index (χ2v) is 4.28. The van der Waals surface area contributed by atoms with Gasteiger partial charge in [0.2, 0.25) is 0 Å². The number of hydrogen-bond acceptors (Lipinski definition) is 2. The number of ketones is 2. The van der Waals surface area contributed by atoms with E-state index < -0.39 is 0 Å². The third-order valence-electron chi connectivity index (χ3n) is 2.82. The van der Waals surface area contributed by atoms with E-state index in [-0.39, 0.29) is 11.6 Å². The van der Waals surface area contributed by atoms with Crippen LogP contribution in [0.2, 0.25) is 0 Å². The highest BCUT2D eigenvalue weighted by atomic mass is 16.1. The van der Waals surface area contributed by atoms with Gasteiger partial charge in [-0.1, -0.05) is 26.7 Å². The molecule has 2 heteroatoms. The van der Waals surface area contributed by atoms with Crippen LogP contribution in [0.5, 0.6) is 0 Å². The number of allylic oxidation sites excluding steroid dienone is 4. The number of carbonyl (C=O) groups excluding carboxylic acids is 2. The van der Waals surface area contributed by atoms with Crippen LogP contribution in [0.4, 0.5) is 0 Å². The molecule has 0 N–H and O–H groups in total. The molecule has 0 spiro atoms. The van der Waals surface area contributed by atoms with Crippen molar-refractivity contribution >= 4 is 11.6 Å². The van der Waals surface area contributed by atoms with Gasteiger partial charge in [0.15, 0.2) is 11.6 Å². The predicted molar refractivity (Wildman–Crippen MR) is 65.2 cm³/mol. The molecule has 1 aliphatic carbocycles. The molecule has 0 saturated carbocycles. The molecule has 0 aromatic carbocycles. The zero-order valence-electron chi connectivity index (χ0n) is 10.2. The van der Waals surface area contributed by atoms with Crippen molar-refractivity contribution in [2.75, 3.05) is 0 Å². The molecule has 0 fully saturated rings. The monoisotopic (exact) mass is 220 g/mol. The Hall–Kier alpha value is -1.18. The van der Waals surface area contributed by atoms with Crippen LogP contribution in [0, 0.1) is 0 Å². The van der Waals surface area contributed by atoms with E-state index in [1.807, 2.05) is 0 Å². The van der Waals surface area contributed by atoms with Crippen LogP contribution in [-0.2, 0) is 9.59 Å². The number of rotatable bonds is 6. The number of hydrogen-bond donors (Lipinski definition) is 0. The maximum Gasteiger partial charge on any atom is 0.185 e. The predicted octanol–water partition coefficient (Wildman–Crippen LogP) is 3.37. The van der Waals surface area contributed by atoms with Crippen molar-refractivity contribution in [3.8, 4) is 0 Å². The maximum absolute atomic E-state index is 12.0. The molecule has 0 aliphatic heterocycles. The number of carbonyl (C=O) groups is 2. The summed E-state index contributed by atoms with van der Waals surface area (Å²) in [5.74, 6) is 0.0818. The highest BCUT2D eigenvalue weighted by Crippen LogP contribution is 2.21. The zero-order valence-corrected chi connectivity index (χ0v) is 10.2. The van der Waals surface area contributed by atoms with Crippen molar-refractivity contribution in [1.29, 1.82) is 0 Å². The van der Waals surface area contributed by atoms with Crippen LogP contribution in [0.1, 0.15) is 52.4 Å². The molecule has 0 bridgehead atoms. The second-order valence-electron chi connectivity index (χ2n) is 4.28. The zero-order chi connectivity index (χ0) is 12.0. The Morgan fingerprint density at radius 1 is 0.875 bits per heavy atom. The van der Waals surface area contributed by atoms with Crippen LogP contribution in [0.25, 0.3) is 0 Å². The summed E-state index contributed by atoms with van der Waals surface area (Å²) in [5, 5.41) is 0. The van der Waals surface area contributed by atoms with Crippen LogP contribution in [0.3, 0.4) is 0 Å². The number of Topliss-reactive ketones (excluding diaryl/α,β-unsaturated/α-hetero) is 1. The molecule has 0 saturated heterocycles. The van der Waals surface area contributed by atoms with Gasteiger partial charge in [0.05, 0.1) is 0 Å². The molecule has 1 rings (SSSR count). The van der Waals surface area contributed by atoms with Gasteiger partial charge in [-0.25, -0.2) is 0 Å². The van der Waals surface area contributed by atoms with E-state index in [4.69, 9.17) is 0 Å². The first-order valence-corrected chi connectivity index (χ1v) is 6.18. The van der Waals surface area contributed by atoms with Crippen LogP contribution >= 0.6 is 0 Å². The first-order valence-electron chi connectivity index (χ1n) is 6.18. The van der Waals surface area contributed by atoms with E-state index in [0.717, 1.165) is 38.5 Å². The van der Waals surface area contributed by atoms with Crippen molar-refractivity contribution in [2.24, 2.45) is 0 Å². The van der Waals surface area contributed by atoms with Crippen molar-refractivity contribution in [1.82, 2.24) is 0 Å². The highest BCUT2D eigenvalue weighted by molar-refractivity contribution is 6.20. The van der Waals surface area contributed by atoms with Gasteiger partial charge in [-0.15, -0.1) is 0 Å². The lowest BCUT2D eigenvalue weighted by molar-refractivity contribution is -0.115. The van der Waals surface area contributed by atoms with Gasteiger partial charge >= 0.3 is 0 Å². The van der Waals surface area contributed by atoms with Crippen molar-refractivity contribution in [3.05, 3.63) is 23.3 Å². The average molecular weight is 220 g/mol. The van der Waals surface area contributed by atoms with E-state index in [1.54, 1.807) is 0 Å². The van der Waals surface area contributed by atoms with E-state index in [0.29, 0.717) is 11.1 Å². The molecule has 0 heterocycles. The normalized spacial score (nSPS) is 16.1. The summed E-state index contributed by atoms with van der Waals surface area (Å²) in [6.45, 7) is 4.17. The van der Waals surface area contributed by atoms with Crippen LogP contribution in [-0.4, -0.2) is 11.6 Å². The van der Waals surface area contributed by atoms with Gasteiger partial charge in [0.1, 0.15) is 0 Å². The molecule has 0 unspecified atom stereocenters. The molecule has 2 nitrogen and oxygen atoms in total. The SMILES string of the molecule is CCCCC1=CC(=O)C=C(CCCC)C1=O. The minimum atomic E-state index is -0.0168. The van der Waals surface area contributed by atoms with Gasteiger partial charge in [-0.3, -0.25) is 9.59 Å². The lowest BCUT2D eigenvalue weighted by atomic mass is 9.90. The fourth-order valence-corrected chi connectivity index (χ4v) is 1.83. The van der Waals surface area contributed by atoms with E-state index >= 15 is 0 Å². The van der Waals surface area contributed by atoms with Gasteiger partial charge in [-0.05, 0) is 37.8 Å². The van der Waals surface area contributed by atoms with Gasteiger partial charge in [0.25, 0.3) is 0 Å². The Bertz CT molecular complexity index is 305. The van der Waals surface area contributed by atoms with E-state index in [1.165, 1.54) is 12.2 Å². The summed E-state index contributed by atoms with van der Waals surface area (Å²) >= 11 is 0. The lowest BCUT2D eigenvalue weighted by Gasteiger charge is -2.13. The molecule has 16 heavy (non-hydrogen) atoms. The fraction of sp³-hybridized carbons (Fsp3) is 0.571. The molecule has 0 aromatic heterocycles. The Kier molecular flexibility index (Phi) is 5.17. The Morgan fingerprint density at radius 3 is 1.69 bits per heavy atom.